The Morgan fingerprint density at radius 2 is 1.88 bits per heavy atom. The summed E-state index contributed by atoms with van der Waals surface area (Å²) in [4.78, 5) is 20.1. The molecule has 0 aliphatic heterocycles. The Morgan fingerprint density at radius 3 is 2.64 bits per heavy atom. The average molecular weight is 336 g/mol. The van der Waals surface area contributed by atoms with Crippen LogP contribution in [0.25, 0.3) is 11.0 Å². The highest BCUT2D eigenvalue weighted by atomic mass is 16.1. The summed E-state index contributed by atoms with van der Waals surface area (Å²) in [7, 11) is 0. The molecule has 0 saturated heterocycles. The standard InChI is InChI=1S/C20H24N4O/c1-14(19(21)15-8-3-2-4-9-15)20(25)22-13-7-12-18-23-16-10-5-6-11-17(16)24-18/h2-6,8-11,14,19H,7,12-13,21H2,1H3,(H,22,25)(H,23,24). The van der Waals surface area contributed by atoms with E-state index in [0.29, 0.717) is 6.54 Å². The molecule has 3 aromatic rings. The lowest BCUT2D eigenvalue weighted by Crippen LogP contribution is -2.36. The van der Waals surface area contributed by atoms with Crippen molar-refractivity contribution in [3.8, 4) is 0 Å². The topological polar surface area (TPSA) is 83.8 Å². The highest BCUT2D eigenvalue weighted by Crippen LogP contribution is 2.19. The summed E-state index contributed by atoms with van der Waals surface area (Å²) >= 11 is 0. The fraction of sp³-hybridized carbons (Fsp3) is 0.300. The van der Waals surface area contributed by atoms with Crippen molar-refractivity contribution in [1.29, 1.82) is 0 Å². The minimum absolute atomic E-state index is 0.0130. The summed E-state index contributed by atoms with van der Waals surface area (Å²) in [5.41, 5.74) is 9.20. The van der Waals surface area contributed by atoms with Crippen LogP contribution in [0.15, 0.2) is 54.6 Å². The third-order valence-corrected chi connectivity index (χ3v) is 4.46. The zero-order valence-corrected chi connectivity index (χ0v) is 14.4. The minimum atomic E-state index is -0.295. The van der Waals surface area contributed by atoms with E-state index < -0.39 is 0 Å². The van der Waals surface area contributed by atoms with Gasteiger partial charge in [0.1, 0.15) is 5.82 Å². The van der Waals surface area contributed by atoms with Gasteiger partial charge < -0.3 is 16.0 Å². The highest BCUT2D eigenvalue weighted by molar-refractivity contribution is 5.79. The molecular formula is C20H24N4O. The number of imidazole rings is 1. The number of hydrogen-bond acceptors (Lipinski definition) is 3. The van der Waals surface area contributed by atoms with Crippen LogP contribution in [0.4, 0.5) is 0 Å². The zero-order chi connectivity index (χ0) is 17.6. The number of carbonyl (C=O) groups excluding carboxylic acids is 1. The number of nitrogens with one attached hydrogen (secondary N) is 2. The number of amides is 1. The van der Waals surface area contributed by atoms with Crippen LogP contribution >= 0.6 is 0 Å². The molecule has 1 aromatic heterocycles. The van der Waals surface area contributed by atoms with Crippen molar-refractivity contribution < 1.29 is 4.79 Å². The minimum Gasteiger partial charge on any atom is -0.356 e. The van der Waals surface area contributed by atoms with E-state index >= 15 is 0 Å². The first-order chi connectivity index (χ1) is 12.1. The van der Waals surface area contributed by atoms with E-state index in [1.165, 1.54) is 0 Å². The number of nitrogens with two attached hydrogens (primary N) is 1. The smallest absolute Gasteiger partial charge is 0.224 e. The molecule has 0 aliphatic carbocycles. The highest BCUT2D eigenvalue weighted by Gasteiger charge is 2.21. The van der Waals surface area contributed by atoms with Gasteiger partial charge in [0.05, 0.1) is 17.0 Å². The molecule has 4 N–H and O–H groups in total. The van der Waals surface area contributed by atoms with Gasteiger partial charge in [-0.2, -0.15) is 0 Å². The van der Waals surface area contributed by atoms with Crippen molar-refractivity contribution in [3.63, 3.8) is 0 Å². The number of carbonyl (C=O) groups is 1. The van der Waals surface area contributed by atoms with Gasteiger partial charge in [0, 0.05) is 19.0 Å². The van der Waals surface area contributed by atoms with Gasteiger partial charge in [0.2, 0.25) is 5.91 Å². The Labute approximate surface area is 147 Å². The average Bonchev–Trinajstić information content (AvgIpc) is 3.07. The van der Waals surface area contributed by atoms with Crippen LogP contribution in [0, 0.1) is 5.92 Å². The van der Waals surface area contributed by atoms with Crippen LogP contribution in [0.1, 0.15) is 30.8 Å². The first-order valence-electron chi connectivity index (χ1n) is 8.67. The summed E-state index contributed by atoms with van der Waals surface area (Å²) < 4.78 is 0. The first-order valence-corrected chi connectivity index (χ1v) is 8.67. The normalized spacial score (nSPS) is 13.5. The number of hydrogen-bond donors (Lipinski definition) is 3. The summed E-state index contributed by atoms with van der Waals surface area (Å²) in [6.07, 6.45) is 1.63. The summed E-state index contributed by atoms with van der Waals surface area (Å²) in [6, 6.07) is 17.4. The van der Waals surface area contributed by atoms with E-state index in [0.717, 1.165) is 35.3 Å². The molecule has 2 unspecified atom stereocenters. The second-order valence-corrected chi connectivity index (χ2v) is 6.32. The van der Waals surface area contributed by atoms with Gasteiger partial charge in [0.25, 0.3) is 0 Å². The summed E-state index contributed by atoms with van der Waals surface area (Å²) in [6.45, 7) is 2.48. The molecule has 2 aromatic carbocycles. The Morgan fingerprint density at radius 1 is 1.16 bits per heavy atom. The van der Waals surface area contributed by atoms with Crippen LogP contribution < -0.4 is 11.1 Å². The van der Waals surface area contributed by atoms with Gasteiger partial charge in [0.15, 0.2) is 0 Å². The molecule has 0 saturated carbocycles. The fourth-order valence-corrected chi connectivity index (χ4v) is 2.88. The van der Waals surface area contributed by atoms with E-state index in [9.17, 15) is 4.79 Å². The molecule has 1 heterocycles. The molecule has 5 heteroatoms. The molecule has 130 valence electrons. The second kappa shape index (κ2) is 7.94. The van der Waals surface area contributed by atoms with E-state index in [-0.39, 0.29) is 17.9 Å². The third kappa shape index (κ3) is 4.25. The van der Waals surface area contributed by atoms with Crippen LogP contribution in [0.5, 0.6) is 0 Å². The number of aryl methyl sites for hydroxylation is 1. The first kappa shape index (κ1) is 17.2. The van der Waals surface area contributed by atoms with Crippen molar-refractivity contribution in [2.24, 2.45) is 11.7 Å². The predicted octanol–water partition coefficient (Wildman–Crippen LogP) is 2.95. The van der Waals surface area contributed by atoms with Gasteiger partial charge in [-0.15, -0.1) is 0 Å². The van der Waals surface area contributed by atoms with E-state index in [1.54, 1.807) is 0 Å². The molecule has 25 heavy (non-hydrogen) atoms. The molecule has 1 amide bonds. The van der Waals surface area contributed by atoms with Gasteiger partial charge >= 0.3 is 0 Å². The van der Waals surface area contributed by atoms with E-state index in [1.807, 2.05) is 61.5 Å². The predicted molar refractivity (Wildman–Crippen MR) is 100.0 cm³/mol. The number of aromatic nitrogens is 2. The van der Waals surface area contributed by atoms with E-state index in [2.05, 4.69) is 15.3 Å². The lowest BCUT2D eigenvalue weighted by molar-refractivity contribution is -0.125. The Bertz CT molecular complexity index is 795. The Balaban J connectivity index is 1.45. The lowest BCUT2D eigenvalue weighted by Gasteiger charge is -2.19. The van der Waals surface area contributed by atoms with Crippen molar-refractivity contribution in [2.75, 3.05) is 6.54 Å². The SMILES string of the molecule is CC(C(=O)NCCCc1nc2ccccc2[nH]1)C(N)c1ccccc1. The number of nitrogens with zero attached hydrogens (tertiary/aromatic N) is 1. The molecular weight excluding hydrogens is 312 g/mol. The van der Waals surface area contributed by atoms with E-state index in [4.69, 9.17) is 5.73 Å². The maximum absolute atomic E-state index is 12.3. The number of rotatable bonds is 7. The van der Waals surface area contributed by atoms with Crippen LogP contribution in [0.3, 0.4) is 0 Å². The molecule has 2 atom stereocenters. The molecule has 0 spiro atoms. The van der Waals surface area contributed by atoms with Crippen LogP contribution in [0.2, 0.25) is 0 Å². The summed E-state index contributed by atoms with van der Waals surface area (Å²) in [5.74, 6) is 0.666. The maximum Gasteiger partial charge on any atom is 0.224 e. The maximum atomic E-state index is 12.3. The molecule has 0 fully saturated rings. The molecule has 5 nitrogen and oxygen atoms in total. The van der Waals surface area contributed by atoms with Crippen molar-refractivity contribution in [1.82, 2.24) is 15.3 Å². The van der Waals surface area contributed by atoms with Crippen molar-refractivity contribution in [2.45, 2.75) is 25.8 Å². The number of H-pyrrole nitrogens is 1. The van der Waals surface area contributed by atoms with Gasteiger partial charge in [-0.1, -0.05) is 49.4 Å². The number of aromatic amines is 1. The molecule has 3 rings (SSSR count). The number of benzene rings is 2. The molecule has 0 aliphatic rings. The van der Waals surface area contributed by atoms with Crippen molar-refractivity contribution in [3.05, 3.63) is 66.0 Å². The Kier molecular flexibility index (Phi) is 5.46. The number of para-hydroxylation sites is 2. The van der Waals surface area contributed by atoms with Gasteiger partial charge in [-0.25, -0.2) is 4.98 Å². The van der Waals surface area contributed by atoms with Crippen molar-refractivity contribution >= 4 is 16.9 Å². The Hall–Kier alpha value is -2.66. The number of fused-ring (bicyclic) bond motifs is 1. The van der Waals surface area contributed by atoms with Crippen LogP contribution in [-0.2, 0) is 11.2 Å². The zero-order valence-electron chi connectivity index (χ0n) is 14.4. The monoisotopic (exact) mass is 336 g/mol. The second-order valence-electron chi connectivity index (χ2n) is 6.32. The summed E-state index contributed by atoms with van der Waals surface area (Å²) in [5, 5.41) is 2.98. The molecule has 0 bridgehead atoms. The quantitative estimate of drug-likeness (QED) is 0.580. The van der Waals surface area contributed by atoms with Gasteiger partial charge in [-0.05, 0) is 24.1 Å². The van der Waals surface area contributed by atoms with Gasteiger partial charge in [-0.3, -0.25) is 4.79 Å². The third-order valence-electron chi connectivity index (χ3n) is 4.46. The largest absolute Gasteiger partial charge is 0.356 e. The lowest BCUT2D eigenvalue weighted by atomic mass is 9.94. The van der Waals surface area contributed by atoms with Crippen LogP contribution in [-0.4, -0.2) is 22.4 Å². The molecule has 0 radical (unpaired) electrons. The fourth-order valence-electron chi connectivity index (χ4n) is 2.88.